The Morgan fingerprint density at radius 2 is 1.59 bits per heavy atom. The molecule has 3 aromatic rings. The van der Waals surface area contributed by atoms with Gasteiger partial charge in [0.15, 0.2) is 6.04 Å². The fourth-order valence-electron chi connectivity index (χ4n) is 2.60. The van der Waals surface area contributed by atoms with Gasteiger partial charge >= 0.3 is 5.97 Å². The normalized spacial score (nSPS) is 11.6. The van der Waals surface area contributed by atoms with Gasteiger partial charge in [-0.3, -0.25) is 9.59 Å². The predicted molar refractivity (Wildman–Crippen MR) is 98.9 cm³/mol. The lowest BCUT2D eigenvalue weighted by Crippen LogP contribution is -2.38. The molecule has 0 saturated carbocycles. The summed E-state index contributed by atoms with van der Waals surface area (Å²) in [6.07, 6.45) is 0. The SMILES string of the molecule is O=C(Cn1nc(-c2ccccc2)ccc1=O)N[C@@H](C(=O)O)c1ccccc1. The van der Waals surface area contributed by atoms with Crippen molar-refractivity contribution in [3.05, 3.63) is 88.7 Å². The minimum Gasteiger partial charge on any atom is -0.479 e. The Hall–Kier alpha value is -3.74. The number of hydrogen-bond donors (Lipinski definition) is 2. The van der Waals surface area contributed by atoms with Crippen LogP contribution in [-0.2, 0) is 16.1 Å². The second-order valence-corrected chi connectivity index (χ2v) is 5.83. The molecule has 0 aliphatic heterocycles. The Morgan fingerprint density at radius 3 is 2.22 bits per heavy atom. The number of nitrogens with one attached hydrogen (secondary N) is 1. The molecule has 0 unspecified atom stereocenters. The Bertz CT molecular complexity index is 1000. The third-order valence-electron chi connectivity index (χ3n) is 3.91. The van der Waals surface area contributed by atoms with Crippen LogP contribution in [-0.4, -0.2) is 26.8 Å². The third-order valence-corrected chi connectivity index (χ3v) is 3.91. The fourth-order valence-corrected chi connectivity index (χ4v) is 2.60. The summed E-state index contributed by atoms with van der Waals surface area (Å²) in [5, 5.41) is 16.0. The van der Waals surface area contributed by atoms with E-state index in [0.29, 0.717) is 11.3 Å². The first-order valence-corrected chi connectivity index (χ1v) is 8.25. The van der Waals surface area contributed by atoms with Crippen LogP contribution in [0.25, 0.3) is 11.3 Å². The van der Waals surface area contributed by atoms with Crippen molar-refractivity contribution < 1.29 is 14.7 Å². The van der Waals surface area contributed by atoms with Gasteiger partial charge < -0.3 is 10.4 Å². The molecule has 1 amide bonds. The van der Waals surface area contributed by atoms with E-state index in [-0.39, 0.29) is 6.54 Å². The minimum absolute atomic E-state index is 0.379. The van der Waals surface area contributed by atoms with Gasteiger partial charge in [0.25, 0.3) is 5.56 Å². The second kappa shape index (κ2) is 8.09. The first-order chi connectivity index (χ1) is 13.0. The molecule has 0 bridgehead atoms. The van der Waals surface area contributed by atoms with Crippen LogP contribution in [0.1, 0.15) is 11.6 Å². The number of aliphatic carboxylic acids is 1. The third kappa shape index (κ3) is 4.46. The Balaban J connectivity index is 1.79. The number of carboxylic acid groups (broad SMARTS) is 1. The molecular weight excluding hydrogens is 346 g/mol. The van der Waals surface area contributed by atoms with Crippen LogP contribution < -0.4 is 10.9 Å². The molecule has 2 N–H and O–H groups in total. The zero-order chi connectivity index (χ0) is 19.2. The maximum absolute atomic E-state index is 12.3. The van der Waals surface area contributed by atoms with E-state index in [1.165, 1.54) is 6.07 Å². The van der Waals surface area contributed by atoms with Gasteiger partial charge in [-0.05, 0) is 11.6 Å². The van der Waals surface area contributed by atoms with Gasteiger partial charge in [-0.25, -0.2) is 9.48 Å². The fraction of sp³-hybridized carbons (Fsp3) is 0.100. The lowest BCUT2D eigenvalue weighted by molar-refractivity contribution is -0.142. The number of carboxylic acids is 1. The summed E-state index contributed by atoms with van der Waals surface area (Å²) in [5.41, 5.74) is 1.34. The monoisotopic (exact) mass is 363 g/mol. The molecule has 0 fully saturated rings. The van der Waals surface area contributed by atoms with Crippen LogP contribution in [0.4, 0.5) is 0 Å². The van der Waals surface area contributed by atoms with Gasteiger partial charge in [0, 0.05) is 11.6 Å². The lowest BCUT2D eigenvalue weighted by Gasteiger charge is -2.15. The van der Waals surface area contributed by atoms with Crippen LogP contribution >= 0.6 is 0 Å². The van der Waals surface area contributed by atoms with Crippen molar-refractivity contribution in [1.29, 1.82) is 0 Å². The Morgan fingerprint density at radius 1 is 0.963 bits per heavy atom. The molecule has 2 aromatic carbocycles. The molecular formula is C20H17N3O4. The van der Waals surface area contributed by atoms with Gasteiger partial charge in [0.1, 0.15) is 6.54 Å². The van der Waals surface area contributed by atoms with Crippen LogP contribution in [0.15, 0.2) is 77.6 Å². The van der Waals surface area contributed by atoms with Crippen molar-refractivity contribution in [3.63, 3.8) is 0 Å². The number of carbonyl (C=O) groups excluding carboxylic acids is 1. The Labute approximate surface area is 154 Å². The molecule has 136 valence electrons. The first kappa shape index (κ1) is 18.1. The van der Waals surface area contributed by atoms with Crippen molar-refractivity contribution in [3.8, 4) is 11.3 Å². The number of nitrogens with zero attached hydrogens (tertiary/aromatic N) is 2. The highest BCUT2D eigenvalue weighted by molar-refractivity contribution is 5.84. The average molecular weight is 363 g/mol. The second-order valence-electron chi connectivity index (χ2n) is 5.83. The van der Waals surface area contributed by atoms with E-state index in [1.807, 2.05) is 30.3 Å². The van der Waals surface area contributed by atoms with Gasteiger partial charge in [0.2, 0.25) is 5.91 Å². The highest BCUT2D eigenvalue weighted by Gasteiger charge is 2.22. The topological polar surface area (TPSA) is 101 Å². The molecule has 0 aliphatic rings. The molecule has 0 spiro atoms. The lowest BCUT2D eigenvalue weighted by atomic mass is 10.1. The van der Waals surface area contributed by atoms with Crippen molar-refractivity contribution >= 4 is 11.9 Å². The highest BCUT2D eigenvalue weighted by atomic mass is 16.4. The number of amides is 1. The summed E-state index contributed by atoms with van der Waals surface area (Å²) in [6.45, 7) is -0.379. The molecule has 27 heavy (non-hydrogen) atoms. The van der Waals surface area contributed by atoms with Crippen LogP contribution in [0.2, 0.25) is 0 Å². The Kier molecular flexibility index (Phi) is 5.41. The number of hydrogen-bond acceptors (Lipinski definition) is 4. The van der Waals surface area contributed by atoms with Crippen molar-refractivity contribution in [2.24, 2.45) is 0 Å². The summed E-state index contributed by atoms with van der Waals surface area (Å²) in [5.74, 6) is -1.81. The molecule has 0 radical (unpaired) electrons. The zero-order valence-corrected chi connectivity index (χ0v) is 14.3. The average Bonchev–Trinajstić information content (AvgIpc) is 2.69. The summed E-state index contributed by atoms with van der Waals surface area (Å²) >= 11 is 0. The van der Waals surface area contributed by atoms with E-state index in [9.17, 15) is 19.5 Å². The summed E-state index contributed by atoms with van der Waals surface area (Å²) in [6, 6.07) is 19.3. The molecule has 7 nitrogen and oxygen atoms in total. The quantitative estimate of drug-likeness (QED) is 0.696. The summed E-state index contributed by atoms with van der Waals surface area (Å²) < 4.78 is 1.02. The van der Waals surface area contributed by atoms with Gasteiger partial charge in [0.05, 0.1) is 5.69 Å². The van der Waals surface area contributed by atoms with Crippen molar-refractivity contribution in [2.75, 3.05) is 0 Å². The first-order valence-electron chi connectivity index (χ1n) is 8.25. The van der Waals surface area contributed by atoms with Gasteiger partial charge in [-0.15, -0.1) is 0 Å². The van der Waals surface area contributed by atoms with Crippen LogP contribution in [0.5, 0.6) is 0 Å². The predicted octanol–water partition coefficient (Wildman–Crippen LogP) is 1.85. The number of benzene rings is 2. The molecule has 0 saturated heterocycles. The smallest absolute Gasteiger partial charge is 0.330 e. The van der Waals surface area contributed by atoms with E-state index in [0.717, 1.165) is 10.2 Å². The minimum atomic E-state index is -1.20. The molecule has 1 heterocycles. The summed E-state index contributed by atoms with van der Waals surface area (Å²) in [7, 11) is 0. The van der Waals surface area contributed by atoms with Crippen LogP contribution in [0.3, 0.4) is 0 Å². The standard InChI is InChI=1S/C20H17N3O4/c24-17(21-19(20(26)27)15-9-5-2-6-10-15)13-23-18(25)12-11-16(22-23)14-7-3-1-4-8-14/h1-12,19H,13H2,(H,21,24)(H,26,27)/t19-/m1/s1. The van der Waals surface area contributed by atoms with Crippen LogP contribution in [0, 0.1) is 0 Å². The summed E-state index contributed by atoms with van der Waals surface area (Å²) in [4.78, 5) is 35.9. The van der Waals surface area contributed by atoms with E-state index in [4.69, 9.17) is 0 Å². The van der Waals surface area contributed by atoms with E-state index >= 15 is 0 Å². The highest BCUT2D eigenvalue weighted by Crippen LogP contribution is 2.14. The number of aromatic nitrogens is 2. The zero-order valence-electron chi connectivity index (χ0n) is 14.3. The number of carbonyl (C=O) groups is 2. The molecule has 1 aromatic heterocycles. The molecule has 3 rings (SSSR count). The maximum Gasteiger partial charge on any atom is 0.330 e. The molecule has 0 aliphatic carbocycles. The largest absolute Gasteiger partial charge is 0.479 e. The number of rotatable bonds is 6. The molecule has 1 atom stereocenters. The molecule has 7 heteroatoms. The maximum atomic E-state index is 12.3. The van der Waals surface area contributed by atoms with Gasteiger partial charge in [-0.2, -0.15) is 5.10 Å². The van der Waals surface area contributed by atoms with Crippen molar-refractivity contribution in [2.45, 2.75) is 12.6 Å². The van der Waals surface area contributed by atoms with E-state index in [1.54, 1.807) is 36.4 Å². The van der Waals surface area contributed by atoms with Gasteiger partial charge in [-0.1, -0.05) is 60.7 Å². The van der Waals surface area contributed by atoms with E-state index < -0.39 is 23.5 Å². The van der Waals surface area contributed by atoms with Crippen molar-refractivity contribution in [1.82, 2.24) is 15.1 Å². The van der Waals surface area contributed by atoms with E-state index in [2.05, 4.69) is 10.4 Å².